The van der Waals surface area contributed by atoms with Gasteiger partial charge in [-0.3, -0.25) is 14.4 Å². The van der Waals surface area contributed by atoms with Crippen molar-refractivity contribution in [3.05, 3.63) is 24.2 Å². The molecule has 0 N–H and O–H groups in total. The van der Waals surface area contributed by atoms with Crippen molar-refractivity contribution in [1.82, 2.24) is 24.3 Å². The van der Waals surface area contributed by atoms with Gasteiger partial charge in [-0.25, -0.2) is 9.97 Å². The van der Waals surface area contributed by atoms with Crippen LogP contribution < -0.4 is 0 Å². The fourth-order valence-electron chi connectivity index (χ4n) is 4.38. The summed E-state index contributed by atoms with van der Waals surface area (Å²) in [5.74, 6) is 1.23. The van der Waals surface area contributed by atoms with E-state index in [0.717, 1.165) is 17.7 Å². The number of imidazole rings is 1. The molecule has 124 valence electrons. The summed E-state index contributed by atoms with van der Waals surface area (Å²) in [7, 11) is 2.23. The minimum Gasteiger partial charge on any atom is -0.295 e. The number of rotatable bonds is 3. The molecule has 2 saturated heterocycles. The first-order chi connectivity index (χ1) is 11.2. The Balaban J connectivity index is 1.85. The van der Waals surface area contributed by atoms with Crippen LogP contribution in [0.1, 0.15) is 57.6 Å². The molecule has 0 amide bonds. The fraction of sp³-hybridized carbons (Fsp3) is 0.667. The average molecular weight is 313 g/mol. The Hall–Kier alpha value is -1.46. The predicted molar refractivity (Wildman–Crippen MR) is 92.2 cm³/mol. The van der Waals surface area contributed by atoms with Crippen LogP contribution in [-0.4, -0.2) is 50.5 Å². The quantitative estimate of drug-likeness (QED) is 0.872. The Morgan fingerprint density at radius 1 is 1.17 bits per heavy atom. The van der Waals surface area contributed by atoms with Crippen LogP contribution in [0.15, 0.2) is 18.3 Å². The normalized spacial score (nSPS) is 26.8. The van der Waals surface area contributed by atoms with Crippen molar-refractivity contribution in [3.8, 4) is 0 Å². The summed E-state index contributed by atoms with van der Waals surface area (Å²) in [4.78, 5) is 14.8. The highest BCUT2D eigenvalue weighted by molar-refractivity contribution is 5.71. The van der Waals surface area contributed by atoms with Crippen LogP contribution in [0.3, 0.4) is 0 Å². The van der Waals surface area contributed by atoms with E-state index in [-0.39, 0.29) is 0 Å². The van der Waals surface area contributed by atoms with Crippen LogP contribution >= 0.6 is 0 Å². The minimum absolute atomic E-state index is 0.402. The lowest BCUT2D eigenvalue weighted by Gasteiger charge is -2.31. The highest BCUT2D eigenvalue weighted by Gasteiger charge is 2.35. The van der Waals surface area contributed by atoms with Gasteiger partial charge in [-0.15, -0.1) is 0 Å². The first-order valence-corrected chi connectivity index (χ1v) is 8.95. The first-order valence-electron chi connectivity index (χ1n) is 8.95. The fourth-order valence-corrected chi connectivity index (χ4v) is 4.38. The molecule has 5 heteroatoms. The maximum atomic E-state index is 5.04. The van der Waals surface area contributed by atoms with Crippen molar-refractivity contribution >= 4 is 11.2 Å². The molecular weight excluding hydrogens is 286 g/mol. The van der Waals surface area contributed by atoms with E-state index in [1.54, 1.807) is 0 Å². The van der Waals surface area contributed by atoms with Crippen LogP contribution in [0.4, 0.5) is 0 Å². The van der Waals surface area contributed by atoms with E-state index in [2.05, 4.69) is 46.3 Å². The van der Waals surface area contributed by atoms with Crippen molar-refractivity contribution in [2.75, 3.05) is 20.1 Å². The second kappa shape index (κ2) is 5.87. The molecule has 2 fully saturated rings. The SMILES string of the molecule is CC(C)N1CCCC1c1nc2cccnc2n1C1CCCN1C. The largest absolute Gasteiger partial charge is 0.295 e. The number of aromatic nitrogens is 3. The highest BCUT2D eigenvalue weighted by atomic mass is 15.4. The predicted octanol–water partition coefficient (Wildman–Crippen LogP) is 3.20. The van der Waals surface area contributed by atoms with E-state index in [4.69, 9.17) is 4.98 Å². The van der Waals surface area contributed by atoms with Gasteiger partial charge in [0, 0.05) is 12.2 Å². The molecule has 23 heavy (non-hydrogen) atoms. The van der Waals surface area contributed by atoms with Gasteiger partial charge in [-0.1, -0.05) is 0 Å². The second-order valence-electron chi connectivity index (χ2n) is 7.28. The molecular formula is C18H27N5. The van der Waals surface area contributed by atoms with Crippen molar-refractivity contribution < 1.29 is 0 Å². The Morgan fingerprint density at radius 2 is 2.00 bits per heavy atom. The molecule has 4 rings (SSSR count). The summed E-state index contributed by atoms with van der Waals surface area (Å²) in [5, 5.41) is 0. The summed E-state index contributed by atoms with van der Waals surface area (Å²) in [6, 6.07) is 5.09. The average Bonchev–Trinajstić information content (AvgIpc) is 3.23. The molecule has 0 bridgehead atoms. The Bertz CT molecular complexity index is 692. The molecule has 0 aliphatic carbocycles. The monoisotopic (exact) mass is 313 g/mol. The summed E-state index contributed by atoms with van der Waals surface area (Å²) >= 11 is 0. The summed E-state index contributed by atoms with van der Waals surface area (Å²) in [6.07, 6.45) is 7.22. The molecule has 2 aliphatic heterocycles. The highest BCUT2D eigenvalue weighted by Crippen LogP contribution is 2.38. The van der Waals surface area contributed by atoms with Crippen molar-refractivity contribution in [3.63, 3.8) is 0 Å². The molecule has 0 spiro atoms. The van der Waals surface area contributed by atoms with Gasteiger partial charge in [-0.2, -0.15) is 0 Å². The second-order valence-corrected chi connectivity index (χ2v) is 7.28. The zero-order valence-electron chi connectivity index (χ0n) is 14.4. The van der Waals surface area contributed by atoms with Crippen LogP contribution in [0, 0.1) is 0 Å². The van der Waals surface area contributed by atoms with Crippen LogP contribution in [0.25, 0.3) is 11.2 Å². The maximum Gasteiger partial charge on any atom is 0.161 e. The third kappa shape index (κ3) is 2.46. The number of pyridine rings is 1. The van der Waals surface area contributed by atoms with Crippen molar-refractivity contribution in [1.29, 1.82) is 0 Å². The molecule has 2 atom stereocenters. The Morgan fingerprint density at radius 3 is 2.74 bits per heavy atom. The molecule has 2 unspecified atom stereocenters. The number of nitrogens with zero attached hydrogens (tertiary/aromatic N) is 5. The van der Waals surface area contributed by atoms with E-state index in [0.29, 0.717) is 18.2 Å². The van der Waals surface area contributed by atoms with Crippen LogP contribution in [0.2, 0.25) is 0 Å². The van der Waals surface area contributed by atoms with Gasteiger partial charge < -0.3 is 0 Å². The topological polar surface area (TPSA) is 37.2 Å². The third-order valence-corrected chi connectivity index (χ3v) is 5.51. The number of likely N-dealkylation sites (tertiary alicyclic amines) is 2. The van der Waals surface area contributed by atoms with E-state index in [1.807, 2.05) is 12.3 Å². The Labute approximate surface area is 138 Å². The maximum absolute atomic E-state index is 5.04. The zero-order chi connectivity index (χ0) is 16.0. The van der Waals surface area contributed by atoms with Gasteiger partial charge >= 0.3 is 0 Å². The first kappa shape index (κ1) is 15.1. The van der Waals surface area contributed by atoms with Crippen LogP contribution in [-0.2, 0) is 0 Å². The van der Waals surface area contributed by atoms with Gasteiger partial charge in [-0.05, 0) is 71.8 Å². The van der Waals surface area contributed by atoms with E-state index in [1.165, 1.54) is 38.1 Å². The molecule has 0 radical (unpaired) electrons. The lowest BCUT2D eigenvalue weighted by Crippen LogP contribution is -2.33. The van der Waals surface area contributed by atoms with Crippen molar-refractivity contribution in [2.24, 2.45) is 0 Å². The van der Waals surface area contributed by atoms with E-state index < -0.39 is 0 Å². The van der Waals surface area contributed by atoms with Gasteiger partial charge in [0.25, 0.3) is 0 Å². The number of fused-ring (bicyclic) bond motifs is 1. The standard InChI is InChI=1S/C18H27N5/c1-13(2)22-12-5-8-15(22)18-20-14-7-4-10-19-17(14)23(18)16-9-6-11-21(16)3/h4,7,10,13,15-16H,5-6,8-9,11-12H2,1-3H3. The van der Waals surface area contributed by atoms with Gasteiger partial charge in [0.15, 0.2) is 5.65 Å². The number of hydrogen-bond acceptors (Lipinski definition) is 4. The molecule has 5 nitrogen and oxygen atoms in total. The summed E-state index contributed by atoms with van der Waals surface area (Å²) < 4.78 is 2.44. The molecule has 2 aliphatic rings. The van der Waals surface area contributed by atoms with Gasteiger partial charge in [0.05, 0.1) is 12.2 Å². The zero-order valence-corrected chi connectivity index (χ0v) is 14.4. The number of hydrogen-bond donors (Lipinski definition) is 0. The molecule has 0 saturated carbocycles. The van der Waals surface area contributed by atoms with Crippen LogP contribution in [0.5, 0.6) is 0 Å². The smallest absolute Gasteiger partial charge is 0.161 e. The molecule has 2 aromatic rings. The minimum atomic E-state index is 0.402. The molecule has 0 aromatic carbocycles. The summed E-state index contributed by atoms with van der Waals surface area (Å²) in [5.41, 5.74) is 2.09. The van der Waals surface area contributed by atoms with Crippen molar-refractivity contribution in [2.45, 2.75) is 57.8 Å². The van der Waals surface area contributed by atoms with E-state index >= 15 is 0 Å². The molecule has 4 heterocycles. The van der Waals surface area contributed by atoms with Gasteiger partial charge in [0.2, 0.25) is 0 Å². The summed E-state index contributed by atoms with van der Waals surface area (Å²) in [6.45, 7) is 6.94. The lowest BCUT2D eigenvalue weighted by molar-refractivity contribution is 0.178. The lowest BCUT2D eigenvalue weighted by atomic mass is 10.1. The third-order valence-electron chi connectivity index (χ3n) is 5.51. The Kier molecular flexibility index (Phi) is 3.85. The molecule has 2 aromatic heterocycles. The van der Waals surface area contributed by atoms with Gasteiger partial charge in [0.1, 0.15) is 11.3 Å². The van der Waals surface area contributed by atoms with E-state index in [9.17, 15) is 0 Å².